The summed E-state index contributed by atoms with van der Waals surface area (Å²) in [5, 5.41) is 9.30. The number of aliphatic hydroxyl groups is 1. The highest BCUT2D eigenvalue weighted by Gasteiger charge is 2.00. The van der Waals surface area contributed by atoms with Crippen molar-refractivity contribution in [3.8, 4) is 0 Å². The molecule has 0 fully saturated rings. The minimum atomic E-state index is -0.154. The zero-order chi connectivity index (χ0) is 8.81. The Morgan fingerprint density at radius 1 is 1.42 bits per heavy atom. The van der Waals surface area contributed by atoms with Crippen LogP contribution in [0.2, 0.25) is 0 Å². The zero-order valence-electron chi connectivity index (χ0n) is 7.40. The van der Waals surface area contributed by atoms with Crippen LogP contribution in [0.1, 0.15) is 25.3 Å². The maximum absolute atomic E-state index is 9.30. The fraction of sp³-hybridized carbons (Fsp3) is 0.500. The molecule has 0 bridgehead atoms. The molecule has 12 heavy (non-hydrogen) atoms. The van der Waals surface area contributed by atoms with Crippen molar-refractivity contribution in [3.63, 3.8) is 0 Å². The summed E-state index contributed by atoms with van der Waals surface area (Å²) in [5.41, 5.74) is 1.25. The van der Waals surface area contributed by atoms with Crippen LogP contribution in [0, 0.1) is 0 Å². The molecule has 1 heterocycles. The highest BCUT2D eigenvalue weighted by Crippen LogP contribution is 2.05. The van der Waals surface area contributed by atoms with E-state index >= 15 is 0 Å². The Morgan fingerprint density at radius 3 is 2.67 bits per heavy atom. The van der Waals surface area contributed by atoms with Crippen LogP contribution >= 0.6 is 0 Å². The van der Waals surface area contributed by atoms with Crippen molar-refractivity contribution in [2.45, 2.75) is 32.3 Å². The minimum absolute atomic E-state index is 0.154. The molecule has 1 N–H and O–H groups in total. The van der Waals surface area contributed by atoms with Crippen molar-refractivity contribution in [3.05, 3.63) is 30.1 Å². The van der Waals surface area contributed by atoms with E-state index in [4.69, 9.17) is 0 Å². The fourth-order valence-corrected chi connectivity index (χ4v) is 1.09. The summed E-state index contributed by atoms with van der Waals surface area (Å²) < 4.78 is 0. The first-order chi connectivity index (χ1) is 5.83. The molecule has 0 unspecified atom stereocenters. The van der Waals surface area contributed by atoms with Crippen LogP contribution in [0.3, 0.4) is 0 Å². The second kappa shape index (κ2) is 4.88. The lowest BCUT2D eigenvalue weighted by Crippen LogP contribution is -2.05. The van der Waals surface area contributed by atoms with Crippen molar-refractivity contribution in [1.82, 2.24) is 4.98 Å². The van der Waals surface area contributed by atoms with Gasteiger partial charge in [-0.25, -0.2) is 0 Å². The molecule has 1 aromatic rings. The third kappa shape index (κ3) is 3.01. The van der Waals surface area contributed by atoms with Gasteiger partial charge in [-0.15, -0.1) is 0 Å². The van der Waals surface area contributed by atoms with Gasteiger partial charge in [-0.3, -0.25) is 4.98 Å². The Balaban J connectivity index is 2.33. The lowest BCUT2D eigenvalue weighted by Gasteiger charge is -2.06. The third-order valence-electron chi connectivity index (χ3n) is 1.99. The maximum atomic E-state index is 9.30. The summed E-state index contributed by atoms with van der Waals surface area (Å²) in [5.74, 6) is 0. The first-order valence-electron chi connectivity index (χ1n) is 4.40. The van der Waals surface area contributed by atoms with Gasteiger partial charge in [0.25, 0.3) is 0 Å². The second-order valence-electron chi connectivity index (χ2n) is 2.96. The van der Waals surface area contributed by atoms with E-state index in [0.29, 0.717) is 0 Å². The molecule has 1 rings (SSSR count). The molecule has 0 aliphatic rings. The Bertz CT molecular complexity index is 210. The molecule has 0 saturated carbocycles. The van der Waals surface area contributed by atoms with Gasteiger partial charge in [-0.1, -0.05) is 6.92 Å². The fourth-order valence-electron chi connectivity index (χ4n) is 1.09. The number of hydrogen-bond acceptors (Lipinski definition) is 2. The minimum Gasteiger partial charge on any atom is -0.393 e. The number of pyridine rings is 1. The molecule has 0 spiro atoms. The monoisotopic (exact) mass is 165 g/mol. The molecule has 0 amide bonds. The van der Waals surface area contributed by atoms with Gasteiger partial charge in [0.1, 0.15) is 0 Å². The predicted octanol–water partition coefficient (Wildman–Crippen LogP) is 1.79. The van der Waals surface area contributed by atoms with E-state index in [-0.39, 0.29) is 6.10 Å². The van der Waals surface area contributed by atoms with E-state index in [1.165, 1.54) is 5.56 Å². The number of nitrogens with zero attached hydrogens (tertiary/aromatic N) is 1. The quantitative estimate of drug-likeness (QED) is 0.737. The average Bonchev–Trinajstić information content (AvgIpc) is 2.16. The molecule has 2 nitrogen and oxygen atoms in total. The van der Waals surface area contributed by atoms with E-state index in [9.17, 15) is 5.11 Å². The van der Waals surface area contributed by atoms with E-state index in [1.54, 1.807) is 12.4 Å². The number of aromatic nitrogens is 1. The molecule has 66 valence electrons. The van der Waals surface area contributed by atoms with Crippen molar-refractivity contribution in [2.75, 3.05) is 0 Å². The van der Waals surface area contributed by atoms with Gasteiger partial charge >= 0.3 is 0 Å². The predicted molar refractivity (Wildman–Crippen MR) is 48.9 cm³/mol. The van der Waals surface area contributed by atoms with Crippen LogP contribution in [0.15, 0.2) is 24.5 Å². The smallest absolute Gasteiger partial charge is 0.0540 e. The van der Waals surface area contributed by atoms with Gasteiger partial charge in [0.15, 0.2) is 0 Å². The van der Waals surface area contributed by atoms with Crippen LogP contribution in [0.4, 0.5) is 0 Å². The van der Waals surface area contributed by atoms with Gasteiger partial charge in [0.05, 0.1) is 6.10 Å². The summed E-state index contributed by atoms with van der Waals surface area (Å²) >= 11 is 0. The molecule has 0 saturated heterocycles. The average molecular weight is 165 g/mol. The van der Waals surface area contributed by atoms with E-state index in [0.717, 1.165) is 19.3 Å². The topological polar surface area (TPSA) is 33.1 Å². The van der Waals surface area contributed by atoms with Crippen LogP contribution in [-0.2, 0) is 6.42 Å². The molecule has 0 radical (unpaired) electrons. The third-order valence-corrected chi connectivity index (χ3v) is 1.99. The van der Waals surface area contributed by atoms with Crippen molar-refractivity contribution in [1.29, 1.82) is 0 Å². The van der Waals surface area contributed by atoms with Crippen molar-refractivity contribution in [2.24, 2.45) is 0 Å². The first-order valence-corrected chi connectivity index (χ1v) is 4.40. The summed E-state index contributed by atoms with van der Waals surface area (Å²) in [4.78, 5) is 3.93. The first kappa shape index (κ1) is 9.20. The number of hydrogen-bond donors (Lipinski definition) is 1. The lowest BCUT2D eigenvalue weighted by atomic mass is 10.1. The van der Waals surface area contributed by atoms with Crippen LogP contribution in [-0.4, -0.2) is 16.2 Å². The highest BCUT2D eigenvalue weighted by molar-refractivity contribution is 5.09. The van der Waals surface area contributed by atoms with Gasteiger partial charge in [-0.05, 0) is 37.0 Å². The summed E-state index contributed by atoms with van der Waals surface area (Å²) in [6.45, 7) is 2.00. The highest BCUT2D eigenvalue weighted by atomic mass is 16.3. The van der Waals surface area contributed by atoms with Gasteiger partial charge in [0.2, 0.25) is 0 Å². The van der Waals surface area contributed by atoms with Gasteiger partial charge in [0, 0.05) is 12.4 Å². The Labute approximate surface area is 73.3 Å². The van der Waals surface area contributed by atoms with E-state index in [2.05, 4.69) is 4.98 Å². The molecule has 2 heteroatoms. The largest absolute Gasteiger partial charge is 0.393 e. The van der Waals surface area contributed by atoms with E-state index < -0.39 is 0 Å². The maximum Gasteiger partial charge on any atom is 0.0540 e. The Hall–Kier alpha value is -0.890. The Kier molecular flexibility index (Phi) is 3.74. The van der Waals surface area contributed by atoms with Crippen molar-refractivity contribution < 1.29 is 5.11 Å². The molecule has 0 aliphatic carbocycles. The van der Waals surface area contributed by atoms with Crippen LogP contribution < -0.4 is 0 Å². The molecule has 0 aromatic carbocycles. The molecule has 1 aromatic heterocycles. The second-order valence-corrected chi connectivity index (χ2v) is 2.96. The van der Waals surface area contributed by atoms with Gasteiger partial charge < -0.3 is 5.11 Å². The summed E-state index contributed by atoms with van der Waals surface area (Å²) in [6.07, 6.45) is 6.04. The number of aliphatic hydroxyl groups excluding tert-OH is 1. The molecule has 0 aliphatic heterocycles. The summed E-state index contributed by atoms with van der Waals surface area (Å²) in [6, 6.07) is 3.98. The summed E-state index contributed by atoms with van der Waals surface area (Å²) in [7, 11) is 0. The van der Waals surface area contributed by atoms with Gasteiger partial charge in [-0.2, -0.15) is 0 Å². The number of rotatable bonds is 4. The van der Waals surface area contributed by atoms with E-state index in [1.807, 2.05) is 19.1 Å². The molecular weight excluding hydrogens is 150 g/mol. The van der Waals surface area contributed by atoms with Crippen LogP contribution in [0.5, 0.6) is 0 Å². The molecule has 1 atom stereocenters. The number of aryl methyl sites for hydroxylation is 1. The molecular formula is C10H15NO. The lowest BCUT2D eigenvalue weighted by molar-refractivity contribution is 0.160. The van der Waals surface area contributed by atoms with Crippen molar-refractivity contribution >= 4 is 0 Å². The Morgan fingerprint density at radius 2 is 2.08 bits per heavy atom. The normalized spacial score (nSPS) is 12.8. The SMILES string of the molecule is CC[C@H](O)CCc1ccncc1. The standard InChI is InChI=1S/C10H15NO/c1-2-10(12)4-3-9-5-7-11-8-6-9/h5-8,10,12H,2-4H2,1H3/t10-/m0/s1. The van der Waals surface area contributed by atoms with Crippen LogP contribution in [0.25, 0.3) is 0 Å². The zero-order valence-corrected chi connectivity index (χ0v) is 7.40.